The Kier molecular flexibility index (Phi) is 4.37. The topological polar surface area (TPSA) is 57.7 Å². The predicted octanol–water partition coefficient (Wildman–Crippen LogP) is 3.06. The normalized spacial score (nSPS) is 23.4. The van der Waals surface area contributed by atoms with E-state index in [4.69, 9.17) is 0 Å². The average Bonchev–Trinajstić information content (AvgIpc) is 3.28. The molecule has 1 saturated carbocycles. The molecule has 3 heterocycles. The molecule has 0 aromatic carbocycles. The summed E-state index contributed by atoms with van der Waals surface area (Å²) in [6.45, 7) is 2.48. The number of aromatic nitrogens is 4. The summed E-state index contributed by atoms with van der Waals surface area (Å²) >= 11 is 0. The molecule has 1 N–H and O–H groups in total. The maximum Gasteiger partial charge on any atom is 0.157 e. The Morgan fingerprint density at radius 2 is 1.87 bits per heavy atom. The van der Waals surface area contributed by atoms with E-state index in [-0.39, 0.29) is 0 Å². The van der Waals surface area contributed by atoms with Gasteiger partial charge in [0.2, 0.25) is 0 Å². The third-order valence-corrected chi connectivity index (χ3v) is 5.39. The Labute approximate surface area is 137 Å². The molecule has 2 aliphatic rings. The minimum absolute atomic E-state index is 0.697. The van der Waals surface area contributed by atoms with Crippen molar-refractivity contribution in [1.29, 1.82) is 0 Å². The van der Waals surface area contributed by atoms with E-state index in [0.29, 0.717) is 5.92 Å². The Balaban J connectivity index is 1.43. The van der Waals surface area contributed by atoms with Crippen LogP contribution < -0.4 is 0 Å². The fraction of sp³-hybridized carbons (Fsp3) is 0.611. The molecule has 4 rings (SSSR count). The van der Waals surface area contributed by atoms with Crippen LogP contribution in [0.25, 0.3) is 11.5 Å². The first-order chi connectivity index (χ1) is 11.4. The summed E-state index contributed by atoms with van der Waals surface area (Å²) in [5, 5.41) is 0. The highest BCUT2D eigenvalue weighted by Gasteiger charge is 2.30. The largest absolute Gasteiger partial charge is 0.343 e. The number of nitrogens with one attached hydrogen (secondary N) is 1. The number of hydrogen-bond donors (Lipinski definition) is 1. The minimum Gasteiger partial charge on any atom is -0.343 e. The number of imidazole rings is 1. The zero-order valence-corrected chi connectivity index (χ0v) is 13.6. The quantitative estimate of drug-likeness (QED) is 0.943. The molecule has 122 valence electrons. The summed E-state index contributed by atoms with van der Waals surface area (Å²) < 4.78 is 0. The van der Waals surface area contributed by atoms with Gasteiger partial charge >= 0.3 is 0 Å². The van der Waals surface area contributed by atoms with Gasteiger partial charge in [0.1, 0.15) is 5.69 Å². The van der Waals surface area contributed by atoms with E-state index in [1.807, 2.05) is 6.20 Å². The van der Waals surface area contributed by atoms with Crippen LogP contribution in [0.2, 0.25) is 0 Å². The first-order valence-electron chi connectivity index (χ1n) is 8.94. The molecule has 0 bridgehead atoms. The van der Waals surface area contributed by atoms with Crippen molar-refractivity contribution in [1.82, 2.24) is 24.8 Å². The molecule has 0 amide bonds. The lowest BCUT2D eigenvalue weighted by molar-refractivity contribution is 0.185. The Morgan fingerprint density at radius 3 is 2.70 bits per heavy atom. The maximum atomic E-state index is 4.59. The van der Waals surface area contributed by atoms with Crippen molar-refractivity contribution in [3.8, 4) is 11.5 Å². The molecule has 1 saturated heterocycles. The van der Waals surface area contributed by atoms with Crippen molar-refractivity contribution in [3.63, 3.8) is 0 Å². The van der Waals surface area contributed by atoms with E-state index in [1.54, 1.807) is 18.6 Å². The zero-order chi connectivity index (χ0) is 15.5. The third kappa shape index (κ3) is 3.29. The van der Waals surface area contributed by atoms with Crippen molar-refractivity contribution in [2.24, 2.45) is 5.92 Å². The van der Waals surface area contributed by atoms with Gasteiger partial charge in [-0.2, -0.15) is 0 Å². The van der Waals surface area contributed by atoms with Crippen LogP contribution in [0.15, 0.2) is 24.8 Å². The fourth-order valence-electron chi connectivity index (χ4n) is 4.19. The van der Waals surface area contributed by atoms with Crippen molar-refractivity contribution in [2.45, 2.75) is 51.0 Å². The highest BCUT2D eigenvalue weighted by Crippen LogP contribution is 2.30. The summed E-state index contributed by atoms with van der Waals surface area (Å²) in [6, 6.07) is 0.833. The van der Waals surface area contributed by atoms with Crippen molar-refractivity contribution in [3.05, 3.63) is 30.5 Å². The second-order valence-electron chi connectivity index (χ2n) is 6.94. The van der Waals surface area contributed by atoms with Crippen LogP contribution in [0.4, 0.5) is 0 Å². The van der Waals surface area contributed by atoms with Crippen LogP contribution in [-0.2, 0) is 6.42 Å². The Bertz CT molecular complexity index is 618. The van der Waals surface area contributed by atoms with Crippen molar-refractivity contribution in [2.75, 3.05) is 13.1 Å². The predicted molar refractivity (Wildman–Crippen MR) is 89.9 cm³/mol. The van der Waals surface area contributed by atoms with Gasteiger partial charge in [0.15, 0.2) is 5.82 Å². The first-order valence-corrected chi connectivity index (χ1v) is 8.94. The first kappa shape index (κ1) is 14.8. The third-order valence-electron chi connectivity index (χ3n) is 5.39. The van der Waals surface area contributed by atoms with Crippen LogP contribution >= 0.6 is 0 Å². The van der Waals surface area contributed by atoms with Crippen molar-refractivity contribution >= 4 is 0 Å². The molecular weight excluding hydrogens is 286 g/mol. The molecule has 0 spiro atoms. The molecule has 1 aliphatic carbocycles. The molecule has 0 unspecified atom stereocenters. The summed E-state index contributed by atoms with van der Waals surface area (Å²) in [6.07, 6.45) is 16.5. The summed E-state index contributed by atoms with van der Waals surface area (Å²) in [5.41, 5.74) is 1.99. The molecule has 2 fully saturated rings. The van der Waals surface area contributed by atoms with Crippen LogP contribution in [0.5, 0.6) is 0 Å². The van der Waals surface area contributed by atoms with Crippen LogP contribution in [-0.4, -0.2) is 44.0 Å². The molecule has 5 nitrogen and oxygen atoms in total. The van der Waals surface area contributed by atoms with Gasteiger partial charge < -0.3 is 9.88 Å². The highest BCUT2D eigenvalue weighted by atomic mass is 15.2. The molecule has 23 heavy (non-hydrogen) atoms. The van der Waals surface area contributed by atoms with Gasteiger partial charge in [-0.15, -0.1) is 0 Å². The van der Waals surface area contributed by atoms with Gasteiger partial charge in [-0.1, -0.05) is 19.3 Å². The SMILES string of the molecule is c1c[nH]c(-c2nccnc2C[C@H]2CCN(C3CCCCC3)C2)n1. The number of aromatic amines is 1. The van der Waals surface area contributed by atoms with Gasteiger partial charge in [-0.25, -0.2) is 9.97 Å². The van der Waals surface area contributed by atoms with Gasteiger partial charge in [0, 0.05) is 37.4 Å². The van der Waals surface area contributed by atoms with Gasteiger partial charge in [0.05, 0.1) is 5.69 Å². The molecule has 0 radical (unpaired) electrons. The van der Waals surface area contributed by atoms with Crippen LogP contribution in [0, 0.1) is 5.92 Å². The highest BCUT2D eigenvalue weighted by molar-refractivity contribution is 5.51. The van der Waals surface area contributed by atoms with E-state index in [0.717, 1.165) is 29.7 Å². The van der Waals surface area contributed by atoms with Crippen molar-refractivity contribution < 1.29 is 0 Å². The number of rotatable bonds is 4. The lowest BCUT2D eigenvalue weighted by Crippen LogP contribution is -2.35. The smallest absolute Gasteiger partial charge is 0.157 e. The molecule has 1 aliphatic heterocycles. The minimum atomic E-state index is 0.697. The zero-order valence-electron chi connectivity index (χ0n) is 13.6. The maximum absolute atomic E-state index is 4.59. The number of nitrogens with zero attached hydrogens (tertiary/aromatic N) is 4. The second-order valence-corrected chi connectivity index (χ2v) is 6.94. The number of hydrogen-bond acceptors (Lipinski definition) is 4. The van der Waals surface area contributed by atoms with Crippen LogP contribution in [0.1, 0.15) is 44.2 Å². The van der Waals surface area contributed by atoms with E-state index < -0.39 is 0 Å². The molecule has 2 aromatic heterocycles. The molecule has 5 heteroatoms. The molecule has 1 atom stereocenters. The lowest BCUT2D eigenvalue weighted by Gasteiger charge is -2.31. The monoisotopic (exact) mass is 311 g/mol. The molecular formula is C18H25N5. The van der Waals surface area contributed by atoms with Crippen LogP contribution in [0.3, 0.4) is 0 Å². The van der Waals surface area contributed by atoms with Gasteiger partial charge in [-0.3, -0.25) is 4.98 Å². The van der Waals surface area contributed by atoms with Gasteiger partial charge in [-0.05, 0) is 38.1 Å². The summed E-state index contributed by atoms with van der Waals surface area (Å²) in [4.78, 5) is 19.3. The number of likely N-dealkylation sites (tertiary alicyclic amines) is 1. The Morgan fingerprint density at radius 1 is 1.00 bits per heavy atom. The standard InChI is InChI=1S/C18H25N5/c1-2-4-15(5-3-1)23-11-6-14(13-23)12-16-17(20-8-7-19-16)18-21-9-10-22-18/h7-10,14-15H,1-6,11-13H2,(H,21,22)/t14-/m1/s1. The van der Waals surface area contributed by atoms with E-state index in [2.05, 4.69) is 24.8 Å². The molecule has 2 aromatic rings. The van der Waals surface area contributed by atoms with E-state index in [1.165, 1.54) is 51.6 Å². The number of H-pyrrole nitrogens is 1. The van der Waals surface area contributed by atoms with E-state index in [9.17, 15) is 0 Å². The summed E-state index contributed by atoms with van der Waals surface area (Å²) in [5.74, 6) is 1.53. The van der Waals surface area contributed by atoms with Gasteiger partial charge in [0.25, 0.3) is 0 Å². The lowest BCUT2D eigenvalue weighted by atomic mass is 9.94. The second kappa shape index (κ2) is 6.79. The Hall–Kier alpha value is -1.75. The fourth-order valence-corrected chi connectivity index (χ4v) is 4.19. The average molecular weight is 311 g/mol. The van der Waals surface area contributed by atoms with E-state index >= 15 is 0 Å². The summed E-state index contributed by atoms with van der Waals surface area (Å²) in [7, 11) is 0.